The van der Waals surface area contributed by atoms with Crippen LogP contribution in [0.1, 0.15) is 31.9 Å². The number of ether oxygens (including phenoxy) is 1. The van der Waals surface area contributed by atoms with Gasteiger partial charge in [0.1, 0.15) is 16.7 Å². The third kappa shape index (κ3) is 6.90. The second-order valence-electron chi connectivity index (χ2n) is 6.94. The predicted molar refractivity (Wildman–Crippen MR) is 108 cm³/mol. The number of benzene rings is 2. The minimum Gasteiger partial charge on any atom is -0.461 e. The van der Waals surface area contributed by atoms with Crippen LogP contribution in [0.2, 0.25) is 0 Å². The van der Waals surface area contributed by atoms with Crippen LogP contribution in [-0.2, 0) is 30.9 Å². The Kier molecular flexibility index (Phi) is 7.39. The molecular weight excluding hydrogens is 394 g/mol. The van der Waals surface area contributed by atoms with Crippen molar-refractivity contribution in [2.75, 3.05) is 0 Å². The molecule has 1 atom stereocenters. The average molecular weight is 419 g/mol. The topological polar surface area (TPSA) is 98.8 Å². The van der Waals surface area contributed by atoms with E-state index in [0.717, 1.165) is 5.56 Å². The number of hydrogen-bond acceptors (Lipinski definition) is 6. The summed E-state index contributed by atoms with van der Waals surface area (Å²) in [7, 11) is -3.94. The van der Waals surface area contributed by atoms with E-state index in [0.29, 0.717) is 5.56 Å². The molecule has 0 aliphatic rings. The highest BCUT2D eigenvalue weighted by atomic mass is 32.2. The molecular formula is C21H25NO6S. The van der Waals surface area contributed by atoms with E-state index in [-0.39, 0.29) is 29.1 Å². The Labute approximate surface area is 171 Å². The first kappa shape index (κ1) is 22.4. The van der Waals surface area contributed by atoms with Crippen LogP contribution in [0.5, 0.6) is 5.75 Å². The van der Waals surface area contributed by atoms with Crippen LogP contribution in [0.15, 0.2) is 53.4 Å². The SMILES string of the molecule is CC(=O)N[C@@H](Cc1ccc(OS(=O)(=O)c2ccc(C)cc2)cc1)C(=O)OC(C)C. The maximum atomic E-state index is 12.4. The Morgan fingerprint density at radius 3 is 2.10 bits per heavy atom. The van der Waals surface area contributed by atoms with E-state index in [2.05, 4.69) is 5.32 Å². The van der Waals surface area contributed by atoms with Crippen LogP contribution in [0.4, 0.5) is 0 Å². The molecule has 7 nitrogen and oxygen atoms in total. The van der Waals surface area contributed by atoms with Crippen LogP contribution < -0.4 is 9.50 Å². The summed E-state index contributed by atoms with van der Waals surface area (Å²) >= 11 is 0. The van der Waals surface area contributed by atoms with Gasteiger partial charge in [-0.05, 0) is 50.6 Å². The molecule has 0 radical (unpaired) electrons. The number of rotatable bonds is 8. The van der Waals surface area contributed by atoms with Gasteiger partial charge in [0.15, 0.2) is 0 Å². The molecule has 1 amide bonds. The lowest BCUT2D eigenvalue weighted by Crippen LogP contribution is -2.43. The summed E-state index contributed by atoms with van der Waals surface area (Å²) < 4.78 is 35.1. The Morgan fingerprint density at radius 2 is 1.59 bits per heavy atom. The smallest absolute Gasteiger partial charge is 0.339 e. The van der Waals surface area contributed by atoms with Crippen molar-refractivity contribution in [1.82, 2.24) is 5.32 Å². The van der Waals surface area contributed by atoms with E-state index in [1.807, 2.05) is 6.92 Å². The van der Waals surface area contributed by atoms with Gasteiger partial charge in [0.05, 0.1) is 6.10 Å². The maximum Gasteiger partial charge on any atom is 0.339 e. The normalized spacial score (nSPS) is 12.3. The quantitative estimate of drug-likeness (QED) is 0.522. The van der Waals surface area contributed by atoms with Crippen molar-refractivity contribution in [3.8, 4) is 5.75 Å². The molecule has 0 unspecified atom stereocenters. The molecule has 0 heterocycles. The molecule has 0 saturated heterocycles. The van der Waals surface area contributed by atoms with Crippen molar-refractivity contribution < 1.29 is 26.9 Å². The number of nitrogens with one attached hydrogen (secondary N) is 1. The molecule has 2 aromatic carbocycles. The first-order valence-electron chi connectivity index (χ1n) is 9.14. The number of aryl methyl sites for hydroxylation is 1. The number of carbonyl (C=O) groups is 2. The Balaban J connectivity index is 2.10. The zero-order valence-corrected chi connectivity index (χ0v) is 17.7. The third-order valence-corrected chi connectivity index (χ3v) is 5.15. The summed E-state index contributed by atoms with van der Waals surface area (Å²) in [6.07, 6.45) is -0.0997. The number of hydrogen-bond donors (Lipinski definition) is 1. The molecule has 0 saturated carbocycles. The molecule has 1 N–H and O–H groups in total. The van der Waals surface area contributed by atoms with Crippen LogP contribution >= 0.6 is 0 Å². The molecule has 0 aliphatic heterocycles. The zero-order valence-electron chi connectivity index (χ0n) is 16.8. The molecule has 0 aliphatic carbocycles. The average Bonchev–Trinajstić information content (AvgIpc) is 2.62. The van der Waals surface area contributed by atoms with Crippen molar-refractivity contribution in [3.63, 3.8) is 0 Å². The fourth-order valence-electron chi connectivity index (χ4n) is 2.55. The van der Waals surface area contributed by atoms with E-state index in [1.165, 1.54) is 31.2 Å². The lowest BCUT2D eigenvalue weighted by atomic mass is 10.1. The first-order chi connectivity index (χ1) is 13.6. The molecule has 8 heteroatoms. The Bertz CT molecular complexity index is 950. The lowest BCUT2D eigenvalue weighted by molar-refractivity contribution is -0.151. The lowest BCUT2D eigenvalue weighted by Gasteiger charge is -2.18. The minimum atomic E-state index is -3.94. The Morgan fingerprint density at radius 1 is 1.00 bits per heavy atom. The van der Waals surface area contributed by atoms with E-state index < -0.39 is 22.1 Å². The fourth-order valence-corrected chi connectivity index (χ4v) is 3.48. The molecule has 29 heavy (non-hydrogen) atoms. The summed E-state index contributed by atoms with van der Waals surface area (Å²) in [6, 6.07) is 11.8. The number of amides is 1. The van der Waals surface area contributed by atoms with Gasteiger partial charge in [-0.25, -0.2) is 4.79 Å². The molecule has 0 bridgehead atoms. The van der Waals surface area contributed by atoms with Crippen molar-refractivity contribution in [2.24, 2.45) is 0 Å². The zero-order chi connectivity index (χ0) is 21.6. The van der Waals surface area contributed by atoms with Crippen molar-refractivity contribution in [3.05, 3.63) is 59.7 Å². The molecule has 2 aromatic rings. The largest absolute Gasteiger partial charge is 0.461 e. The fraction of sp³-hybridized carbons (Fsp3) is 0.333. The van der Waals surface area contributed by atoms with Gasteiger partial charge in [-0.2, -0.15) is 8.42 Å². The highest BCUT2D eigenvalue weighted by Crippen LogP contribution is 2.20. The Hall–Kier alpha value is -2.87. The van der Waals surface area contributed by atoms with Gasteiger partial charge >= 0.3 is 16.1 Å². The summed E-state index contributed by atoms with van der Waals surface area (Å²) in [4.78, 5) is 23.6. The summed E-state index contributed by atoms with van der Waals surface area (Å²) in [5.41, 5.74) is 1.66. The van der Waals surface area contributed by atoms with Gasteiger partial charge < -0.3 is 14.2 Å². The van der Waals surface area contributed by atoms with E-state index >= 15 is 0 Å². The predicted octanol–water partition coefficient (Wildman–Crippen LogP) is 2.76. The first-order valence-corrected chi connectivity index (χ1v) is 10.6. The van der Waals surface area contributed by atoms with Gasteiger partial charge in [0.25, 0.3) is 0 Å². The van der Waals surface area contributed by atoms with Gasteiger partial charge in [0.2, 0.25) is 5.91 Å². The van der Waals surface area contributed by atoms with Gasteiger partial charge in [-0.3, -0.25) is 4.79 Å². The van der Waals surface area contributed by atoms with E-state index in [4.69, 9.17) is 8.92 Å². The van der Waals surface area contributed by atoms with Crippen LogP contribution in [0.25, 0.3) is 0 Å². The molecule has 156 valence electrons. The van der Waals surface area contributed by atoms with Gasteiger partial charge in [0, 0.05) is 13.3 Å². The van der Waals surface area contributed by atoms with Crippen LogP contribution in [-0.4, -0.2) is 32.4 Å². The minimum absolute atomic E-state index is 0.0642. The number of esters is 1. The van der Waals surface area contributed by atoms with Gasteiger partial charge in [-0.15, -0.1) is 0 Å². The van der Waals surface area contributed by atoms with Crippen molar-refractivity contribution in [1.29, 1.82) is 0 Å². The molecule has 0 aromatic heterocycles. The number of carbonyl (C=O) groups excluding carboxylic acids is 2. The summed E-state index contributed by atoms with van der Waals surface area (Å²) in [5, 5.41) is 2.57. The van der Waals surface area contributed by atoms with Gasteiger partial charge in [-0.1, -0.05) is 29.8 Å². The van der Waals surface area contributed by atoms with Crippen molar-refractivity contribution >= 4 is 22.0 Å². The van der Waals surface area contributed by atoms with Crippen LogP contribution in [0.3, 0.4) is 0 Å². The van der Waals surface area contributed by atoms with Crippen LogP contribution in [0, 0.1) is 6.92 Å². The van der Waals surface area contributed by atoms with Crippen molar-refractivity contribution in [2.45, 2.75) is 51.2 Å². The second-order valence-corrected chi connectivity index (χ2v) is 8.48. The molecule has 2 rings (SSSR count). The van der Waals surface area contributed by atoms with E-state index in [9.17, 15) is 18.0 Å². The maximum absolute atomic E-state index is 12.4. The monoisotopic (exact) mass is 419 g/mol. The highest BCUT2D eigenvalue weighted by Gasteiger charge is 2.23. The van der Waals surface area contributed by atoms with E-state index in [1.54, 1.807) is 38.1 Å². The second kappa shape index (κ2) is 9.56. The standard InChI is InChI=1S/C21H25NO6S/c1-14(2)27-21(24)20(22-16(4)23)13-17-7-9-18(10-8-17)28-29(25,26)19-11-5-15(3)6-12-19/h5-12,14,20H,13H2,1-4H3,(H,22,23)/t20-/m0/s1. The molecule has 0 spiro atoms. The highest BCUT2D eigenvalue weighted by molar-refractivity contribution is 7.87. The molecule has 0 fully saturated rings. The third-order valence-electron chi connectivity index (χ3n) is 3.89. The summed E-state index contributed by atoms with van der Waals surface area (Å²) in [6.45, 7) is 6.64. The summed E-state index contributed by atoms with van der Waals surface area (Å²) in [5.74, 6) is -0.729.